The maximum Gasteiger partial charge on any atom is 0.475 e. The molecule has 0 bridgehead atoms. The first-order valence-corrected chi connectivity index (χ1v) is 11.0. The van der Waals surface area contributed by atoms with Gasteiger partial charge in [-0.25, -0.2) is 5.21 Å². The summed E-state index contributed by atoms with van der Waals surface area (Å²) >= 11 is 0. The van der Waals surface area contributed by atoms with E-state index in [1.54, 1.807) is 6.08 Å². The minimum Gasteiger partial charge on any atom is -0.356 e. The molecule has 170 valence electrons. The van der Waals surface area contributed by atoms with E-state index in [2.05, 4.69) is 23.7 Å². The van der Waals surface area contributed by atoms with Gasteiger partial charge in [-0.3, -0.25) is 9.59 Å². The summed E-state index contributed by atoms with van der Waals surface area (Å²) in [7, 11) is 0. The van der Waals surface area contributed by atoms with Crippen LogP contribution in [0.3, 0.4) is 0 Å². The zero-order valence-electron chi connectivity index (χ0n) is 18.3. The smallest absolute Gasteiger partial charge is 0.356 e. The first-order valence-electron chi connectivity index (χ1n) is 11.0. The number of rotatable bonds is 15. The second-order valence-corrected chi connectivity index (χ2v) is 7.96. The first-order chi connectivity index (χ1) is 15.0. The Morgan fingerprint density at radius 3 is 2.71 bits per heavy atom. The minimum absolute atomic E-state index is 0.0497. The number of nitrogens with one attached hydrogen (secondary N) is 1. The molecule has 2 amide bonds. The van der Waals surface area contributed by atoms with Gasteiger partial charge in [-0.05, 0) is 43.6 Å². The molecule has 1 aromatic carbocycles. The lowest BCUT2D eigenvalue weighted by Crippen LogP contribution is -2.42. The Bertz CT molecular complexity index is 755. The zero-order valence-corrected chi connectivity index (χ0v) is 18.3. The van der Waals surface area contributed by atoms with Crippen molar-refractivity contribution < 1.29 is 24.7 Å². The van der Waals surface area contributed by atoms with Gasteiger partial charge >= 0.3 is 5.09 Å². The third kappa shape index (κ3) is 6.80. The fourth-order valence-corrected chi connectivity index (χ4v) is 4.07. The molecule has 1 aliphatic carbocycles. The second-order valence-electron chi connectivity index (χ2n) is 7.96. The highest BCUT2D eigenvalue weighted by molar-refractivity contribution is 5.92. The van der Waals surface area contributed by atoms with Crippen LogP contribution in [0.4, 0.5) is 0 Å². The van der Waals surface area contributed by atoms with E-state index in [0.717, 1.165) is 18.4 Å². The third-order valence-corrected chi connectivity index (χ3v) is 5.70. The molecule has 1 aliphatic rings. The van der Waals surface area contributed by atoms with Gasteiger partial charge in [0, 0.05) is 26.1 Å². The lowest BCUT2D eigenvalue weighted by atomic mass is 9.91. The van der Waals surface area contributed by atoms with Crippen molar-refractivity contribution >= 4 is 11.8 Å². The molecule has 1 aromatic rings. The molecular formula is C23H34N3O5+. The highest BCUT2D eigenvalue weighted by Crippen LogP contribution is 2.55. The van der Waals surface area contributed by atoms with Crippen LogP contribution in [0.2, 0.25) is 0 Å². The van der Waals surface area contributed by atoms with Crippen molar-refractivity contribution in [2.45, 2.75) is 50.9 Å². The van der Waals surface area contributed by atoms with Gasteiger partial charge in [0.25, 0.3) is 0 Å². The predicted octanol–water partition coefficient (Wildman–Crippen LogP) is 3.15. The summed E-state index contributed by atoms with van der Waals surface area (Å²) < 4.78 is 0. The van der Waals surface area contributed by atoms with Crippen LogP contribution < -0.4 is 5.32 Å². The van der Waals surface area contributed by atoms with Gasteiger partial charge in [0.05, 0.1) is 5.41 Å². The summed E-state index contributed by atoms with van der Waals surface area (Å²) in [4.78, 5) is 42.2. The average Bonchev–Trinajstić information content (AvgIpc) is 3.50. The van der Waals surface area contributed by atoms with E-state index in [9.17, 15) is 14.5 Å². The molecular weight excluding hydrogens is 398 g/mol. The molecule has 0 spiro atoms. The summed E-state index contributed by atoms with van der Waals surface area (Å²) in [6.45, 7) is 7.62. The van der Waals surface area contributed by atoms with Gasteiger partial charge in [-0.1, -0.05) is 43.3 Å². The standard InChI is InChI=1S/C23H33N3O5/c1-3-14-25(15-4-2)22(28)23(19-11-7-5-8-12-19)17-20(23)18-24-21(27)13-9-6-10-16-31-26(29)30/h3,5,7-8,11-12,20H,1,4,6,9-10,13-18H2,2H3,(H-,24,27,29,30)/p+1. The molecule has 31 heavy (non-hydrogen) atoms. The summed E-state index contributed by atoms with van der Waals surface area (Å²) in [6, 6.07) is 9.82. The van der Waals surface area contributed by atoms with Crippen molar-refractivity contribution in [1.82, 2.24) is 10.2 Å². The fourth-order valence-electron chi connectivity index (χ4n) is 4.07. The predicted molar refractivity (Wildman–Crippen MR) is 116 cm³/mol. The van der Waals surface area contributed by atoms with Crippen molar-refractivity contribution in [2.75, 3.05) is 26.2 Å². The molecule has 0 heterocycles. The summed E-state index contributed by atoms with van der Waals surface area (Å²) in [6.07, 6.45) is 5.68. The van der Waals surface area contributed by atoms with E-state index in [1.165, 1.54) is 0 Å². The lowest BCUT2D eigenvalue weighted by molar-refractivity contribution is -0.975. The Morgan fingerprint density at radius 2 is 2.06 bits per heavy atom. The normalized spacial score (nSPS) is 19.3. The van der Waals surface area contributed by atoms with Crippen LogP contribution >= 0.6 is 0 Å². The molecule has 0 aromatic heterocycles. The van der Waals surface area contributed by atoms with Crippen molar-refractivity contribution in [3.63, 3.8) is 0 Å². The van der Waals surface area contributed by atoms with E-state index < -0.39 is 10.5 Å². The number of amides is 2. The Kier molecular flexibility index (Phi) is 9.49. The number of carbonyl (C=O) groups is 2. The summed E-state index contributed by atoms with van der Waals surface area (Å²) in [5, 5.41) is 10.8. The quantitative estimate of drug-likeness (QED) is 0.252. The van der Waals surface area contributed by atoms with E-state index in [1.807, 2.05) is 35.2 Å². The van der Waals surface area contributed by atoms with E-state index in [0.29, 0.717) is 45.3 Å². The van der Waals surface area contributed by atoms with Crippen LogP contribution in [0.5, 0.6) is 0 Å². The Hall–Kier alpha value is -2.90. The second kappa shape index (κ2) is 12.1. The molecule has 0 radical (unpaired) electrons. The van der Waals surface area contributed by atoms with Crippen molar-refractivity contribution in [3.05, 3.63) is 53.5 Å². The Balaban J connectivity index is 1.90. The average molecular weight is 433 g/mol. The molecule has 2 atom stereocenters. The lowest BCUT2D eigenvalue weighted by Gasteiger charge is -2.27. The molecule has 0 aliphatic heterocycles. The van der Waals surface area contributed by atoms with Gasteiger partial charge in [0.1, 0.15) is 4.91 Å². The molecule has 8 nitrogen and oxygen atoms in total. The highest BCUT2D eigenvalue weighted by atomic mass is 16.9. The zero-order chi connectivity index (χ0) is 22.7. The van der Waals surface area contributed by atoms with Gasteiger partial charge in [0.15, 0.2) is 6.61 Å². The maximum absolute atomic E-state index is 13.5. The molecule has 2 unspecified atom stereocenters. The molecule has 1 fully saturated rings. The Labute approximate surface area is 183 Å². The number of hydrogen-bond acceptors (Lipinski definition) is 4. The monoisotopic (exact) mass is 432 g/mol. The number of benzene rings is 1. The fraction of sp³-hybridized carbons (Fsp3) is 0.565. The minimum atomic E-state index is -0.585. The van der Waals surface area contributed by atoms with Gasteiger partial charge < -0.3 is 10.2 Å². The van der Waals surface area contributed by atoms with Gasteiger partial charge in [-0.2, -0.15) is 4.84 Å². The molecule has 2 N–H and O–H groups in total. The number of hydrogen-bond donors (Lipinski definition) is 2. The van der Waals surface area contributed by atoms with E-state index in [4.69, 9.17) is 5.21 Å². The molecule has 0 saturated heterocycles. The highest BCUT2D eigenvalue weighted by Gasteiger charge is 2.61. The largest absolute Gasteiger partial charge is 0.475 e. The SMILES string of the molecule is C=CCN(CCC)C(=O)C1(c2ccccc2)CC1CNC(=O)CCCCCO[N+](=O)O. The number of nitrogens with zero attached hydrogens (tertiary/aromatic N) is 2. The van der Waals surface area contributed by atoms with Crippen LogP contribution in [0, 0.1) is 10.8 Å². The van der Waals surface area contributed by atoms with Gasteiger partial charge in [0.2, 0.25) is 11.8 Å². The molecule has 1 saturated carbocycles. The maximum atomic E-state index is 13.5. The van der Waals surface area contributed by atoms with E-state index in [-0.39, 0.29) is 24.3 Å². The van der Waals surface area contributed by atoms with Crippen LogP contribution in [-0.2, 0) is 19.8 Å². The molecule has 8 heteroatoms. The van der Waals surface area contributed by atoms with Crippen LogP contribution in [0.1, 0.15) is 51.0 Å². The first kappa shape index (κ1) is 24.4. The van der Waals surface area contributed by atoms with Crippen molar-refractivity contribution in [2.24, 2.45) is 5.92 Å². The van der Waals surface area contributed by atoms with Crippen molar-refractivity contribution in [3.8, 4) is 0 Å². The topological polar surface area (TPSA) is 99.0 Å². The summed E-state index contributed by atoms with van der Waals surface area (Å²) in [5.74, 6) is 0.124. The Morgan fingerprint density at radius 1 is 1.32 bits per heavy atom. The number of unbranched alkanes of at least 4 members (excludes halogenated alkanes) is 2. The van der Waals surface area contributed by atoms with E-state index >= 15 is 0 Å². The van der Waals surface area contributed by atoms with Gasteiger partial charge in [-0.15, -0.1) is 6.58 Å². The van der Waals surface area contributed by atoms with Crippen LogP contribution in [0.15, 0.2) is 43.0 Å². The van der Waals surface area contributed by atoms with Crippen LogP contribution in [0.25, 0.3) is 0 Å². The van der Waals surface area contributed by atoms with Crippen molar-refractivity contribution in [1.29, 1.82) is 0 Å². The molecule has 2 rings (SSSR count). The van der Waals surface area contributed by atoms with Crippen LogP contribution in [-0.4, -0.2) is 53.2 Å². The third-order valence-electron chi connectivity index (χ3n) is 5.70. The summed E-state index contributed by atoms with van der Waals surface area (Å²) in [5.41, 5.74) is 0.416. The number of carbonyl (C=O) groups excluding carboxylic acids is 2.